The van der Waals surface area contributed by atoms with Gasteiger partial charge in [0, 0.05) is 11.9 Å². The fourth-order valence-electron chi connectivity index (χ4n) is 1.19. The van der Waals surface area contributed by atoms with Gasteiger partial charge in [-0.05, 0) is 18.2 Å². The van der Waals surface area contributed by atoms with Crippen molar-refractivity contribution in [3.8, 4) is 0 Å². The van der Waals surface area contributed by atoms with Crippen LogP contribution in [0.5, 0.6) is 0 Å². The second-order valence-corrected chi connectivity index (χ2v) is 2.47. The zero-order valence-corrected chi connectivity index (χ0v) is 6.02. The number of rotatable bonds is 1. The van der Waals surface area contributed by atoms with Crippen molar-refractivity contribution >= 4 is 18.0 Å². The van der Waals surface area contributed by atoms with Crippen molar-refractivity contribution in [1.82, 2.24) is 4.57 Å². The van der Waals surface area contributed by atoms with Gasteiger partial charge in [-0.25, -0.2) is 4.79 Å². The van der Waals surface area contributed by atoms with Gasteiger partial charge in [0.1, 0.15) is 5.57 Å². The predicted octanol–water partition coefficient (Wildman–Crippen LogP) is 0.610. The van der Waals surface area contributed by atoms with E-state index in [0.29, 0.717) is 5.69 Å². The molecule has 60 valence electrons. The fraction of sp³-hybridized carbons (Fsp3) is 0. The molecule has 0 spiro atoms. The van der Waals surface area contributed by atoms with Crippen LogP contribution in [-0.2, 0) is 4.79 Å². The minimum absolute atomic E-state index is 0.175. The summed E-state index contributed by atoms with van der Waals surface area (Å²) < 4.78 is 1.31. The maximum Gasteiger partial charge on any atom is 0.341 e. The molecule has 0 radical (unpaired) electrons. The number of carbonyl (C=O) groups excluding carboxylic acids is 1. The highest BCUT2D eigenvalue weighted by atomic mass is 16.4. The van der Waals surface area contributed by atoms with E-state index in [1.807, 2.05) is 0 Å². The molecule has 1 aromatic rings. The Hall–Kier alpha value is -1.84. The number of hydrogen-bond donors (Lipinski definition) is 1. The van der Waals surface area contributed by atoms with Crippen LogP contribution in [0.15, 0.2) is 23.9 Å². The maximum absolute atomic E-state index is 11.2. The normalized spacial score (nSPS) is 14.3. The van der Waals surface area contributed by atoms with Gasteiger partial charge < -0.3 is 5.11 Å². The van der Waals surface area contributed by atoms with Crippen LogP contribution in [0.1, 0.15) is 10.5 Å². The molecule has 2 heterocycles. The van der Waals surface area contributed by atoms with E-state index in [1.54, 1.807) is 18.3 Å². The molecule has 1 aliphatic heterocycles. The van der Waals surface area contributed by atoms with Crippen LogP contribution < -0.4 is 0 Å². The molecule has 0 amide bonds. The maximum atomic E-state index is 11.2. The first kappa shape index (κ1) is 6.84. The van der Waals surface area contributed by atoms with Crippen molar-refractivity contribution in [2.24, 2.45) is 0 Å². The highest BCUT2D eigenvalue weighted by Crippen LogP contribution is 2.18. The summed E-state index contributed by atoms with van der Waals surface area (Å²) in [6, 6.07) is 3.39. The summed E-state index contributed by atoms with van der Waals surface area (Å²) in [6.07, 6.45) is 2.91. The third kappa shape index (κ3) is 0.717. The molecule has 4 nitrogen and oxygen atoms in total. The van der Waals surface area contributed by atoms with Crippen LogP contribution in [0.4, 0.5) is 0 Å². The van der Waals surface area contributed by atoms with Gasteiger partial charge in [-0.1, -0.05) is 0 Å². The summed E-state index contributed by atoms with van der Waals surface area (Å²) in [5, 5.41) is 8.57. The van der Waals surface area contributed by atoms with E-state index in [2.05, 4.69) is 0 Å². The summed E-state index contributed by atoms with van der Waals surface area (Å²) in [6.45, 7) is 0. The Morgan fingerprint density at radius 1 is 1.50 bits per heavy atom. The SMILES string of the molecule is O=C(O)C1=Cc2cccn2C1=O. The lowest BCUT2D eigenvalue weighted by molar-refractivity contribution is -0.132. The standard InChI is InChI=1S/C8H5NO3/c10-7-6(8(11)12)4-5-2-1-3-9(5)7/h1-4H,(H,11,12). The van der Waals surface area contributed by atoms with Crippen molar-refractivity contribution in [3.05, 3.63) is 29.6 Å². The Bertz CT molecular complexity index is 400. The zero-order chi connectivity index (χ0) is 8.72. The van der Waals surface area contributed by atoms with E-state index < -0.39 is 11.9 Å². The third-order valence-corrected chi connectivity index (χ3v) is 1.75. The number of carbonyl (C=O) groups is 2. The molecular formula is C8H5NO3. The number of carboxylic acid groups (broad SMARTS) is 1. The van der Waals surface area contributed by atoms with Crippen molar-refractivity contribution in [1.29, 1.82) is 0 Å². The smallest absolute Gasteiger partial charge is 0.341 e. The largest absolute Gasteiger partial charge is 0.477 e. The van der Waals surface area contributed by atoms with Gasteiger partial charge in [0.2, 0.25) is 0 Å². The van der Waals surface area contributed by atoms with Gasteiger partial charge in [0.25, 0.3) is 5.91 Å². The molecule has 0 bridgehead atoms. The Kier molecular flexibility index (Phi) is 1.18. The Morgan fingerprint density at radius 3 is 2.83 bits per heavy atom. The van der Waals surface area contributed by atoms with E-state index in [1.165, 1.54) is 10.6 Å². The molecule has 2 rings (SSSR count). The molecule has 1 aromatic heterocycles. The third-order valence-electron chi connectivity index (χ3n) is 1.75. The van der Waals surface area contributed by atoms with Gasteiger partial charge >= 0.3 is 5.97 Å². The van der Waals surface area contributed by atoms with E-state index in [4.69, 9.17) is 5.11 Å². The topological polar surface area (TPSA) is 59.3 Å². The molecular weight excluding hydrogens is 158 g/mol. The highest BCUT2D eigenvalue weighted by Gasteiger charge is 2.25. The lowest BCUT2D eigenvalue weighted by atomic mass is 10.2. The average Bonchev–Trinajstić information content (AvgIpc) is 2.53. The first-order valence-electron chi connectivity index (χ1n) is 3.37. The second-order valence-electron chi connectivity index (χ2n) is 2.47. The molecule has 1 N–H and O–H groups in total. The summed E-state index contributed by atoms with van der Waals surface area (Å²) >= 11 is 0. The number of nitrogens with zero attached hydrogens (tertiary/aromatic N) is 1. The van der Waals surface area contributed by atoms with E-state index >= 15 is 0 Å². The predicted molar refractivity (Wildman–Crippen MR) is 40.7 cm³/mol. The molecule has 0 fully saturated rings. The molecule has 12 heavy (non-hydrogen) atoms. The monoisotopic (exact) mass is 163 g/mol. The average molecular weight is 163 g/mol. The van der Waals surface area contributed by atoms with Crippen LogP contribution in [0, 0.1) is 0 Å². The zero-order valence-electron chi connectivity index (χ0n) is 6.02. The summed E-state index contributed by atoms with van der Waals surface area (Å²) in [5.41, 5.74) is 0.447. The Balaban J connectivity index is 2.55. The molecule has 0 saturated carbocycles. The molecule has 4 heteroatoms. The summed E-state index contributed by atoms with van der Waals surface area (Å²) in [5.74, 6) is -1.65. The summed E-state index contributed by atoms with van der Waals surface area (Å²) in [4.78, 5) is 21.7. The Morgan fingerprint density at radius 2 is 2.25 bits per heavy atom. The molecule has 1 aliphatic rings. The molecule has 0 atom stereocenters. The highest BCUT2D eigenvalue weighted by molar-refractivity contribution is 6.22. The number of hydrogen-bond acceptors (Lipinski definition) is 2. The van der Waals surface area contributed by atoms with Crippen LogP contribution in [0.25, 0.3) is 6.08 Å². The van der Waals surface area contributed by atoms with Crippen molar-refractivity contribution in [3.63, 3.8) is 0 Å². The van der Waals surface area contributed by atoms with Crippen LogP contribution >= 0.6 is 0 Å². The molecule has 0 saturated heterocycles. The van der Waals surface area contributed by atoms with Crippen molar-refractivity contribution in [2.45, 2.75) is 0 Å². The lowest BCUT2D eigenvalue weighted by Gasteiger charge is -1.94. The molecule has 0 aliphatic carbocycles. The first-order valence-corrected chi connectivity index (χ1v) is 3.37. The van der Waals surface area contributed by atoms with Crippen LogP contribution in [0.2, 0.25) is 0 Å². The van der Waals surface area contributed by atoms with Crippen molar-refractivity contribution < 1.29 is 14.7 Å². The van der Waals surface area contributed by atoms with E-state index in [-0.39, 0.29) is 5.57 Å². The number of fused-ring (bicyclic) bond motifs is 1. The van der Waals surface area contributed by atoms with Gasteiger partial charge in [-0.3, -0.25) is 9.36 Å². The van der Waals surface area contributed by atoms with Crippen molar-refractivity contribution in [2.75, 3.05) is 0 Å². The number of aromatic nitrogens is 1. The fourth-order valence-corrected chi connectivity index (χ4v) is 1.19. The van der Waals surface area contributed by atoms with Gasteiger partial charge in [-0.2, -0.15) is 0 Å². The van der Waals surface area contributed by atoms with Crippen LogP contribution in [0.3, 0.4) is 0 Å². The lowest BCUT2D eigenvalue weighted by Crippen LogP contribution is -2.13. The number of aliphatic carboxylic acids is 1. The van der Waals surface area contributed by atoms with Gasteiger partial charge in [-0.15, -0.1) is 0 Å². The molecule has 0 unspecified atom stereocenters. The number of carboxylic acids is 1. The van der Waals surface area contributed by atoms with E-state index in [0.717, 1.165) is 0 Å². The second kappa shape index (κ2) is 2.07. The quantitative estimate of drug-likeness (QED) is 0.617. The minimum atomic E-state index is -1.18. The van der Waals surface area contributed by atoms with Gasteiger partial charge in [0.05, 0.1) is 0 Å². The summed E-state index contributed by atoms with van der Waals surface area (Å²) in [7, 11) is 0. The van der Waals surface area contributed by atoms with Gasteiger partial charge in [0.15, 0.2) is 0 Å². The minimum Gasteiger partial charge on any atom is -0.477 e. The van der Waals surface area contributed by atoms with Crippen LogP contribution in [-0.4, -0.2) is 21.6 Å². The molecule has 0 aromatic carbocycles. The Labute approximate surface area is 67.7 Å². The van der Waals surface area contributed by atoms with E-state index in [9.17, 15) is 9.59 Å². The first-order chi connectivity index (χ1) is 5.70.